The van der Waals surface area contributed by atoms with E-state index in [1.54, 1.807) is 0 Å². The molecule has 1 rings (SSSR count). The van der Waals surface area contributed by atoms with Crippen molar-refractivity contribution in [2.75, 3.05) is 0 Å². The Morgan fingerprint density at radius 1 is 1.56 bits per heavy atom. The largest absolute Gasteiger partial charge is 0.481 e. The highest BCUT2D eigenvalue weighted by molar-refractivity contribution is 6.31. The number of carboxylic acid groups (broad SMARTS) is 1. The van der Waals surface area contributed by atoms with Crippen LogP contribution in [0.25, 0.3) is 0 Å². The van der Waals surface area contributed by atoms with Gasteiger partial charge in [0.1, 0.15) is 0 Å². The van der Waals surface area contributed by atoms with Gasteiger partial charge >= 0.3 is 5.97 Å². The molecule has 0 fully saturated rings. The van der Waals surface area contributed by atoms with Crippen LogP contribution >= 0.6 is 23.2 Å². The van der Waals surface area contributed by atoms with Crippen molar-refractivity contribution < 1.29 is 18.7 Å². The predicted molar refractivity (Wildman–Crippen MR) is 55.1 cm³/mol. The van der Waals surface area contributed by atoms with Crippen molar-refractivity contribution in [1.29, 1.82) is 0 Å². The highest BCUT2D eigenvalue weighted by Crippen LogP contribution is 2.32. The number of carbonyl (C=O) groups is 1. The van der Waals surface area contributed by atoms with Crippen LogP contribution in [-0.2, 0) is 17.1 Å². The molecule has 3 nitrogen and oxygen atoms in total. The van der Waals surface area contributed by atoms with Crippen molar-refractivity contribution >= 4 is 29.2 Å². The number of aromatic nitrogens is 1. The van der Waals surface area contributed by atoms with E-state index in [4.69, 9.17) is 28.3 Å². The van der Waals surface area contributed by atoms with Crippen molar-refractivity contribution in [3.63, 3.8) is 0 Å². The molecule has 0 saturated heterocycles. The summed E-state index contributed by atoms with van der Waals surface area (Å²) in [6.07, 6.45) is -2.38. The van der Waals surface area contributed by atoms with Gasteiger partial charge < -0.3 is 5.11 Å². The Balaban J connectivity index is 3.36. The van der Waals surface area contributed by atoms with Gasteiger partial charge in [-0.1, -0.05) is 11.6 Å². The fraction of sp³-hybridized carbons (Fsp3) is 0.333. The van der Waals surface area contributed by atoms with E-state index >= 15 is 0 Å². The molecule has 16 heavy (non-hydrogen) atoms. The number of pyridine rings is 1. The van der Waals surface area contributed by atoms with Gasteiger partial charge in [0.05, 0.1) is 23.0 Å². The number of carboxylic acids is 1. The molecule has 0 bridgehead atoms. The molecule has 1 heterocycles. The van der Waals surface area contributed by atoms with Gasteiger partial charge in [0, 0.05) is 11.8 Å². The van der Waals surface area contributed by atoms with Crippen molar-refractivity contribution in [2.45, 2.75) is 18.7 Å². The van der Waals surface area contributed by atoms with Gasteiger partial charge in [-0.25, -0.2) is 8.78 Å². The summed E-state index contributed by atoms with van der Waals surface area (Å²) in [5.74, 6) is -1.38. The van der Waals surface area contributed by atoms with Gasteiger partial charge in [0.25, 0.3) is 6.43 Å². The summed E-state index contributed by atoms with van der Waals surface area (Å²) >= 11 is 11.1. The minimum absolute atomic E-state index is 0.106. The first-order valence-corrected chi connectivity index (χ1v) is 5.10. The van der Waals surface area contributed by atoms with Gasteiger partial charge in [-0.15, -0.1) is 11.6 Å². The van der Waals surface area contributed by atoms with Crippen molar-refractivity contribution in [3.8, 4) is 0 Å². The van der Waals surface area contributed by atoms with E-state index in [9.17, 15) is 13.6 Å². The average Bonchev–Trinajstić information content (AvgIpc) is 2.16. The monoisotopic (exact) mass is 269 g/mol. The molecule has 0 aliphatic heterocycles. The maximum absolute atomic E-state index is 12.7. The van der Waals surface area contributed by atoms with E-state index in [1.807, 2.05) is 0 Å². The molecule has 0 unspecified atom stereocenters. The Kier molecular flexibility index (Phi) is 4.44. The van der Waals surface area contributed by atoms with Crippen LogP contribution in [0.3, 0.4) is 0 Å². The third-order valence-corrected chi connectivity index (χ3v) is 2.49. The summed E-state index contributed by atoms with van der Waals surface area (Å²) in [6.45, 7) is 0. The Hall–Kier alpha value is -0.940. The van der Waals surface area contributed by atoms with Gasteiger partial charge in [0.15, 0.2) is 0 Å². The molecule has 0 atom stereocenters. The Labute approximate surface area is 100 Å². The molecule has 0 aromatic carbocycles. The minimum Gasteiger partial charge on any atom is -0.481 e. The first-order valence-electron chi connectivity index (χ1n) is 4.19. The van der Waals surface area contributed by atoms with E-state index in [0.717, 1.165) is 6.20 Å². The molecule has 0 spiro atoms. The lowest BCUT2D eigenvalue weighted by atomic mass is 10.0. The Morgan fingerprint density at radius 2 is 2.19 bits per heavy atom. The lowest BCUT2D eigenvalue weighted by molar-refractivity contribution is -0.136. The number of aliphatic carboxylic acids is 1. The van der Waals surface area contributed by atoms with Crippen LogP contribution in [-0.4, -0.2) is 16.1 Å². The third-order valence-electron chi connectivity index (χ3n) is 1.94. The first kappa shape index (κ1) is 13.1. The third kappa shape index (κ3) is 2.80. The van der Waals surface area contributed by atoms with Gasteiger partial charge in [-0.05, 0) is 5.56 Å². The smallest absolute Gasteiger partial charge is 0.307 e. The minimum atomic E-state index is -2.85. The van der Waals surface area contributed by atoms with E-state index in [0.29, 0.717) is 0 Å². The van der Waals surface area contributed by atoms with Crippen molar-refractivity contribution in [3.05, 3.63) is 28.0 Å². The summed E-state index contributed by atoms with van der Waals surface area (Å²) in [6, 6.07) is 0. The summed E-state index contributed by atoms with van der Waals surface area (Å²) in [7, 11) is 0. The normalized spacial score (nSPS) is 10.8. The van der Waals surface area contributed by atoms with E-state index in [2.05, 4.69) is 4.98 Å². The number of nitrogens with zero attached hydrogens (tertiary/aromatic N) is 1. The second-order valence-electron chi connectivity index (χ2n) is 2.95. The lowest BCUT2D eigenvalue weighted by Gasteiger charge is -2.12. The first-order chi connectivity index (χ1) is 7.47. The molecule has 88 valence electrons. The standard InChI is InChI=1S/C9H7Cl2F2NO2/c10-2-6-4(1-7(15)16)8(9(12)13)5(11)3-14-6/h3,9H,1-2H2,(H,15,16). The van der Waals surface area contributed by atoms with Crippen molar-refractivity contribution in [1.82, 2.24) is 4.98 Å². The van der Waals surface area contributed by atoms with E-state index < -0.39 is 24.4 Å². The molecule has 0 aliphatic carbocycles. The molecule has 0 aliphatic rings. The summed E-state index contributed by atoms with van der Waals surface area (Å²) in [5, 5.41) is 8.38. The fourth-order valence-corrected chi connectivity index (χ4v) is 1.76. The van der Waals surface area contributed by atoms with E-state index in [-0.39, 0.29) is 22.2 Å². The second-order valence-corrected chi connectivity index (χ2v) is 3.62. The highest BCUT2D eigenvalue weighted by Gasteiger charge is 2.22. The maximum Gasteiger partial charge on any atom is 0.307 e. The molecular formula is C9H7Cl2F2NO2. The van der Waals surface area contributed by atoms with Gasteiger partial charge in [-0.2, -0.15) is 0 Å². The van der Waals surface area contributed by atoms with Crippen LogP contribution in [0.15, 0.2) is 6.20 Å². The highest BCUT2D eigenvalue weighted by atomic mass is 35.5. The molecule has 0 radical (unpaired) electrons. The lowest BCUT2D eigenvalue weighted by Crippen LogP contribution is -2.09. The molecule has 1 aromatic heterocycles. The number of halogens is 4. The average molecular weight is 270 g/mol. The van der Waals surface area contributed by atoms with Crippen LogP contribution in [0.5, 0.6) is 0 Å². The predicted octanol–water partition coefficient (Wildman–Crippen LogP) is 3.04. The Morgan fingerprint density at radius 3 is 2.62 bits per heavy atom. The van der Waals surface area contributed by atoms with Crippen LogP contribution in [0.4, 0.5) is 8.78 Å². The van der Waals surface area contributed by atoms with Crippen LogP contribution < -0.4 is 0 Å². The number of hydrogen-bond acceptors (Lipinski definition) is 2. The molecule has 0 saturated carbocycles. The maximum atomic E-state index is 12.7. The van der Waals surface area contributed by atoms with Gasteiger partial charge in [-0.3, -0.25) is 9.78 Å². The molecule has 1 N–H and O–H groups in total. The molecule has 1 aromatic rings. The summed E-state index contributed by atoms with van der Waals surface area (Å²) in [5.41, 5.74) is -0.497. The number of hydrogen-bond donors (Lipinski definition) is 1. The fourth-order valence-electron chi connectivity index (χ4n) is 1.28. The van der Waals surface area contributed by atoms with Crippen molar-refractivity contribution in [2.24, 2.45) is 0 Å². The zero-order valence-electron chi connectivity index (χ0n) is 7.88. The number of rotatable bonds is 4. The van der Waals surface area contributed by atoms with E-state index in [1.165, 1.54) is 0 Å². The quantitative estimate of drug-likeness (QED) is 0.855. The summed E-state index contributed by atoms with van der Waals surface area (Å²) < 4.78 is 25.4. The van der Waals surface area contributed by atoms with Crippen LogP contribution in [0.1, 0.15) is 23.2 Å². The van der Waals surface area contributed by atoms with Gasteiger partial charge in [0.2, 0.25) is 0 Å². The SMILES string of the molecule is O=C(O)Cc1c(CCl)ncc(Cl)c1C(F)F. The molecule has 7 heteroatoms. The summed E-state index contributed by atoms with van der Waals surface area (Å²) in [4.78, 5) is 14.3. The number of alkyl halides is 3. The second kappa shape index (κ2) is 5.41. The van der Waals surface area contributed by atoms with Crippen LogP contribution in [0.2, 0.25) is 5.02 Å². The van der Waals surface area contributed by atoms with Crippen LogP contribution in [0, 0.1) is 0 Å². The molecule has 0 amide bonds. The zero-order valence-corrected chi connectivity index (χ0v) is 9.40. The topological polar surface area (TPSA) is 50.2 Å². The Bertz CT molecular complexity index is 413. The zero-order chi connectivity index (χ0) is 12.3. The molecular weight excluding hydrogens is 263 g/mol.